The second-order valence-corrected chi connectivity index (χ2v) is 6.06. The number of nitrogens with zero attached hydrogens (tertiary/aromatic N) is 4. The summed E-state index contributed by atoms with van der Waals surface area (Å²) in [7, 11) is 1.84. The van der Waals surface area contributed by atoms with Crippen LogP contribution in [0.4, 0.5) is 0 Å². The Balaban J connectivity index is 1.58. The van der Waals surface area contributed by atoms with E-state index >= 15 is 0 Å². The summed E-state index contributed by atoms with van der Waals surface area (Å²) in [5.41, 5.74) is 1.30. The van der Waals surface area contributed by atoms with Crippen LogP contribution in [0.3, 0.4) is 0 Å². The second kappa shape index (κ2) is 7.00. The Bertz CT molecular complexity index is 720. The van der Waals surface area contributed by atoms with Gasteiger partial charge in [-0.05, 0) is 31.1 Å². The van der Waals surface area contributed by atoms with Crippen molar-refractivity contribution in [2.24, 2.45) is 0 Å². The van der Waals surface area contributed by atoms with Gasteiger partial charge in [0.2, 0.25) is 17.6 Å². The number of amides is 1. The summed E-state index contributed by atoms with van der Waals surface area (Å²) in [5, 5.41) is 3.94. The monoisotopic (exact) mass is 330 g/mol. The maximum absolute atomic E-state index is 11.5. The van der Waals surface area contributed by atoms with E-state index in [1.54, 1.807) is 30.2 Å². The highest BCUT2D eigenvalue weighted by Gasteiger charge is 2.22. The molecular weight excluding hydrogens is 308 g/mol. The largest absolute Gasteiger partial charge is 0.461 e. The fourth-order valence-electron chi connectivity index (χ4n) is 2.79. The first-order valence-corrected chi connectivity index (χ1v) is 8.05. The minimum absolute atomic E-state index is 0.0853. The molecule has 0 aliphatic carbocycles. The number of carbonyl (C=O) groups is 1. The number of likely N-dealkylation sites (N-methyl/N-ethyl adjacent to an activating group) is 1. The SMILES string of the molecule is CC(=O)N(C)C(C)C1=CCN(Cc2nc(-c3ccco3)no2)CC1. The zero-order chi connectivity index (χ0) is 17.1. The van der Waals surface area contributed by atoms with Gasteiger partial charge in [-0.25, -0.2) is 0 Å². The molecule has 0 saturated heterocycles. The van der Waals surface area contributed by atoms with E-state index in [0.717, 1.165) is 19.5 Å². The van der Waals surface area contributed by atoms with Crippen molar-refractivity contribution in [1.29, 1.82) is 0 Å². The fraction of sp³-hybridized carbons (Fsp3) is 0.471. The van der Waals surface area contributed by atoms with Gasteiger partial charge in [0.15, 0.2) is 5.76 Å². The molecule has 0 bridgehead atoms. The highest BCUT2D eigenvalue weighted by atomic mass is 16.5. The summed E-state index contributed by atoms with van der Waals surface area (Å²) in [5.74, 6) is 1.74. The van der Waals surface area contributed by atoms with Gasteiger partial charge in [-0.15, -0.1) is 0 Å². The van der Waals surface area contributed by atoms with Crippen molar-refractivity contribution in [1.82, 2.24) is 19.9 Å². The molecule has 0 saturated carbocycles. The minimum atomic E-state index is 0.0853. The van der Waals surface area contributed by atoms with E-state index in [2.05, 4.69) is 28.0 Å². The molecule has 2 aromatic rings. The average Bonchev–Trinajstić information content (AvgIpc) is 3.25. The van der Waals surface area contributed by atoms with E-state index in [0.29, 0.717) is 24.0 Å². The van der Waals surface area contributed by atoms with Crippen LogP contribution >= 0.6 is 0 Å². The van der Waals surface area contributed by atoms with Crippen molar-refractivity contribution in [2.75, 3.05) is 20.1 Å². The molecule has 0 radical (unpaired) electrons. The van der Waals surface area contributed by atoms with Crippen LogP contribution in [0, 0.1) is 0 Å². The van der Waals surface area contributed by atoms with Gasteiger partial charge in [0.25, 0.3) is 0 Å². The Kier molecular flexibility index (Phi) is 4.80. The Morgan fingerprint density at radius 1 is 1.50 bits per heavy atom. The number of carbonyl (C=O) groups excluding carboxylic acids is 1. The number of hydrogen-bond donors (Lipinski definition) is 0. The van der Waals surface area contributed by atoms with Crippen LogP contribution in [0.1, 0.15) is 26.2 Å². The zero-order valence-corrected chi connectivity index (χ0v) is 14.2. The van der Waals surface area contributed by atoms with Gasteiger partial charge in [0.05, 0.1) is 12.8 Å². The molecule has 7 heteroatoms. The van der Waals surface area contributed by atoms with E-state index in [4.69, 9.17) is 8.94 Å². The van der Waals surface area contributed by atoms with Crippen LogP contribution in [0.2, 0.25) is 0 Å². The summed E-state index contributed by atoms with van der Waals surface area (Å²) < 4.78 is 10.6. The number of aromatic nitrogens is 2. The number of furan rings is 1. The molecule has 2 aromatic heterocycles. The van der Waals surface area contributed by atoms with Crippen molar-refractivity contribution in [2.45, 2.75) is 32.9 Å². The molecule has 0 spiro atoms. The molecule has 1 amide bonds. The molecule has 0 N–H and O–H groups in total. The highest BCUT2D eigenvalue weighted by molar-refractivity contribution is 5.73. The third kappa shape index (κ3) is 3.56. The predicted octanol–water partition coefficient (Wildman–Crippen LogP) is 2.33. The number of rotatable bonds is 5. The Labute approximate surface area is 140 Å². The smallest absolute Gasteiger partial charge is 0.241 e. The molecule has 1 atom stereocenters. The van der Waals surface area contributed by atoms with E-state index in [9.17, 15) is 4.79 Å². The lowest BCUT2D eigenvalue weighted by molar-refractivity contribution is -0.128. The minimum Gasteiger partial charge on any atom is -0.461 e. The molecule has 0 aromatic carbocycles. The first-order chi connectivity index (χ1) is 11.5. The number of hydrogen-bond acceptors (Lipinski definition) is 6. The standard InChI is InChI=1S/C17H22N4O3/c1-12(20(3)13(2)22)14-6-8-21(9-7-14)11-16-18-17(19-24-16)15-5-4-10-23-15/h4-6,10,12H,7-9,11H2,1-3H3. The lowest BCUT2D eigenvalue weighted by Gasteiger charge is -2.31. The van der Waals surface area contributed by atoms with Gasteiger partial charge in [-0.1, -0.05) is 11.2 Å². The first kappa shape index (κ1) is 16.4. The van der Waals surface area contributed by atoms with E-state index < -0.39 is 0 Å². The van der Waals surface area contributed by atoms with Crippen LogP contribution in [0.5, 0.6) is 0 Å². The molecular formula is C17H22N4O3. The first-order valence-electron chi connectivity index (χ1n) is 8.05. The Morgan fingerprint density at radius 3 is 2.96 bits per heavy atom. The average molecular weight is 330 g/mol. The fourth-order valence-corrected chi connectivity index (χ4v) is 2.79. The summed E-state index contributed by atoms with van der Waals surface area (Å²) in [6.07, 6.45) is 4.71. The summed E-state index contributed by atoms with van der Waals surface area (Å²) in [6, 6.07) is 3.73. The summed E-state index contributed by atoms with van der Waals surface area (Å²) >= 11 is 0. The van der Waals surface area contributed by atoms with Crippen LogP contribution in [0.15, 0.2) is 39.0 Å². The Morgan fingerprint density at radius 2 is 2.33 bits per heavy atom. The van der Waals surface area contributed by atoms with Gasteiger partial charge in [-0.2, -0.15) is 4.98 Å². The molecule has 3 rings (SSSR count). The van der Waals surface area contributed by atoms with E-state index in [1.807, 2.05) is 7.05 Å². The predicted molar refractivity (Wildman–Crippen MR) is 87.9 cm³/mol. The molecule has 7 nitrogen and oxygen atoms in total. The van der Waals surface area contributed by atoms with Crippen LogP contribution in [0.25, 0.3) is 11.6 Å². The second-order valence-electron chi connectivity index (χ2n) is 6.06. The normalized spacial score (nSPS) is 16.7. The summed E-state index contributed by atoms with van der Waals surface area (Å²) in [6.45, 7) is 5.98. The van der Waals surface area contributed by atoms with Crippen LogP contribution < -0.4 is 0 Å². The van der Waals surface area contributed by atoms with Crippen molar-refractivity contribution < 1.29 is 13.7 Å². The van der Waals surface area contributed by atoms with Crippen molar-refractivity contribution in [3.8, 4) is 11.6 Å². The molecule has 3 heterocycles. The van der Waals surface area contributed by atoms with E-state index in [-0.39, 0.29) is 11.9 Å². The van der Waals surface area contributed by atoms with E-state index in [1.165, 1.54) is 5.57 Å². The van der Waals surface area contributed by atoms with Gasteiger partial charge in [-0.3, -0.25) is 9.69 Å². The third-order valence-electron chi connectivity index (χ3n) is 4.51. The van der Waals surface area contributed by atoms with Gasteiger partial charge in [0, 0.05) is 33.1 Å². The van der Waals surface area contributed by atoms with Gasteiger partial charge in [0.1, 0.15) is 0 Å². The maximum atomic E-state index is 11.5. The Hall–Kier alpha value is -2.41. The lowest BCUT2D eigenvalue weighted by Crippen LogP contribution is -2.38. The van der Waals surface area contributed by atoms with Gasteiger partial charge >= 0.3 is 0 Å². The molecule has 24 heavy (non-hydrogen) atoms. The molecule has 1 aliphatic heterocycles. The van der Waals surface area contributed by atoms with Crippen molar-refractivity contribution in [3.05, 3.63) is 35.9 Å². The van der Waals surface area contributed by atoms with Crippen molar-refractivity contribution in [3.63, 3.8) is 0 Å². The lowest BCUT2D eigenvalue weighted by atomic mass is 10.0. The quantitative estimate of drug-likeness (QED) is 0.783. The highest BCUT2D eigenvalue weighted by Crippen LogP contribution is 2.20. The molecule has 1 unspecified atom stereocenters. The van der Waals surface area contributed by atoms with Crippen molar-refractivity contribution >= 4 is 5.91 Å². The third-order valence-corrected chi connectivity index (χ3v) is 4.51. The molecule has 0 fully saturated rings. The molecule has 128 valence electrons. The van der Waals surface area contributed by atoms with Crippen LogP contribution in [-0.2, 0) is 11.3 Å². The van der Waals surface area contributed by atoms with Crippen LogP contribution in [-0.4, -0.2) is 52.0 Å². The summed E-state index contributed by atoms with van der Waals surface area (Å²) in [4.78, 5) is 19.9. The zero-order valence-electron chi connectivity index (χ0n) is 14.2. The topological polar surface area (TPSA) is 75.6 Å². The molecule has 1 aliphatic rings. The maximum Gasteiger partial charge on any atom is 0.241 e. The van der Waals surface area contributed by atoms with Gasteiger partial charge < -0.3 is 13.8 Å².